The second-order valence-electron chi connectivity index (χ2n) is 12.9. The van der Waals surface area contributed by atoms with E-state index in [0.717, 1.165) is 30.5 Å². The van der Waals surface area contributed by atoms with Crippen LogP contribution in [0.25, 0.3) is 10.8 Å². The number of rotatable bonds is 6. The summed E-state index contributed by atoms with van der Waals surface area (Å²) in [6, 6.07) is 2.80. The van der Waals surface area contributed by atoms with Crippen LogP contribution >= 0.6 is 0 Å². The number of likely N-dealkylation sites (tertiary alicyclic amines) is 1. The summed E-state index contributed by atoms with van der Waals surface area (Å²) in [6.45, 7) is 13.3. The molecule has 0 radical (unpaired) electrons. The predicted octanol–water partition coefficient (Wildman–Crippen LogP) is 5.21. The number of carbonyl (C=O) groups is 2. The molecule has 2 unspecified atom stereocenters. The molecular formula is C31H41FN8O3. The first-order valence-corrected chi connectivity index (χ1v) is 14.9. The molecule has 0 aliphatic carbocycles. The molecule has 3 atom stereocenters. The molecule has 12 heteroatoms. The van der Waals surface area contributed by atoms with Gasteiger partial charge in [-0.1, -0.05) is 20.8 Å². The lowest BCUT2D eigenvalue weighted by Gasteiger charge is -2.30. The summed E-state index contributed by atoms with van der Waals surface area (Å²) >= 11 is 0. The summed E-state index contributed by atoms with van der Waals surface area (Å²) in [6.07, 6.45) is 5.31. The van der Waals surface area contributed by atoms with Crippen molar-refractivity contribution in [3.8, 4) is 0 Å². The number of anilines is 3. The van der Waals surface area contributed by atoms with Gasteiger partial charge in [-0.2, -0.15) is 4.98 Å². The second kappa shape index (κ2) is 12.3. The van der Waals surface area contributed by atoms with Crippen LogP contribution in [0.1, 0.15) is 76.4 Å². The second-order valence-corrected chi connectivity index (χ2v) is 12.9. The summed E-state index contributed by atoms with van der Waals surface area (Å²) in [7, 11) is 0. The van der Waals surface area contributed by atoms with Gasteiger partial charge < -0.3 is 25.2 Å². The number of hydrogen-bond donors (Lipinski definition) is 2. The first kappa shape index (κ1) is 30.4. The Morgan fingerprint density at radius 2 is 1.86 bits per heavy atom. The zero-order valence-corrected chi connectivity index (χ0v) is 25.7. The summed E-state index contributed by atoms with van der Waals surface area (Å²) in [4.78, 5) is 47.6. The number of amides is 2. The molecule has 5 heterocycles. The van der Waals surface area contributed by atoms with E-state index in [2.05, 4.69) is 51.3 Å². The number of nitrogens with one attached hydrogen (secondary N) is 2. The third-order valence-corrected chi connectivity index (χ3v) is 7.70. The molecule has 0 bridgehead atoms. The van der Waals surface area contributed by atoms with Crippen LogP contribution < -0.4 is 15.5 Å². The van der Waals surface area contributed by atoms with Gasteiger partial charge in [0.1, 0.15) is 29.1 Å². The number of aromatic nitrogens is 4. The fourth-order valence-corrected chi connectivity index (χ4v) is 5.55. The molecule has 2 aliphatic heterocycles. The van der Waals surface area contributed by atoms with Crippen LogP contribution in [-0.2, 0) is 4.74 Å². The van der Waals surface area contributed by atoms with Gasteiger partial charge in [0.2, 0.25) is 5.95 Å². The highest BCUT2D eigenvalue weighted by molar-refractivity contribution is 6.06. The molecule has 5 rings (SSSR count). The molecule has 2 aliphatic rings. The average molecular weight is 593 g/mol. The molecule has 3 aromatic rings. The van der Waals surface area contributed by atoms with Crippen LogP contribution in [-0.4, -0.2) is 80.8 Å². The molecule has 230 valence electrons. The van der Waals surface area contributed by atoms with Gasteiger partial charge in [0.15, 0.2) is 0 Å². The standard InChI is InChI=1S/C31H41FN8O3/c1-18(2)21-13-35-27(28(41)36-24-17-40(16-23(24)32)30(42)43-31(4,5)6)22-14-34-26(12-20(21)22)37-25-9-10-33-29(38-25)39-11-7-8-19(3)15-39/h9-10,12-14,18-19,23-24H,7-8,11,15-17H2,1-6H3,(H,36,41)(H,33,34,37,38)/t19?,23-,24?/m1/s1. The quantitative estimate of drug-likeness (QED) is 0.397. The predicted molar refractivity (Wildman–Crippen MR) is 164 cm³/mol. The third-order valence-electron chi connectivity index (χ3n) is 7.70. The van der Waals surface area contributed by atoms with Gasteiger partial charge in [-0.3, -0.25) is 9.78 Å². The number of alkyl halides is 1. The molecular weight excluding hydrogens is 551 g/mol. The largest absolute Gasteiger partial charge is 0.444 e. The highest BCUT2D eigenvalue weighted by Gasteiger charge is 2.38. The molecule has 2 amide bonds. The van der Waals surface area contributed by atoms with Gasteiger partial charge in [-0.15, -0.1) is 0 Å². The van der Waals surface area contributed by atoms with E-state index in [1.165, 1.54) is 11.3 Å². The molecule has 0 spiro atoms. The third kappa shape index (κ3) is 7.11. The van der Waals surface area contributed by atoms with E-state index in [-0.39, 0.29) is 24.7 Å². The van der Waals surface area contributed by atoms with Crippen LogP contribution in [0.3, 0.4) is 0 Å². The van der Waals surface area contributed by atoms with Crippen molar-refractivity contribution in [3.63, 3.8) is 0 Å². The lowest BCUT2D eigenvalue weighted by atomic mass is 9.98. The number of fused-ring (bicyclic) bond motifs is 1. The van der Waals surface area contributed by atoms with Gasteiger partial charge in [-0.05, 0) is 68.5 Å². The molecule has 0 saturated carbocycles. The molecule has 3 aromatic heterocycles. The summed E-state index contributed by atoms with van der Waals surface area (Å²) in [5.74, 6) is 2.07. The molecule has 2 fully saturated rings. The van der Waals surface area contributed by atoms with Crippen molar-refractivity contribution in [2.45, 2.75) is 78.1 Å². The zero-order valence-electron chi connectivity index (χ0n) is 25.7. The van der Waals surface area contributed by atoms with E-state index < -0.39 is 29.8 Å². The Labute approximate surface area is 251 Å². The van der Waals surface area contributed by atoms with E-state index in [1.54, 1.807) is 45.4 Å². The van der Waals surface area contributed by atoms with Crippen molar-refractivity contribution in [2.24, 2.45) is 5.92 Å². The van der Waals surface area contributed by atoms with Gasteiger partial charge in [0, 0.05) is 43.6 Å². The Morgan fingerprint density at radius 3 is 2.58 bits per heavy atom. The van der Waals surface area contributed by atoms with Crippen LogP contribution in [0.4, 0.5) is 26.8 Å². The maximum Gasteiger partial charge on any atom is 0.410 e. The smallest absolute Gasteiger partial charge is 0.410 e. The van der Waals surface area contributed by atoms with Gasteiger partial charge in [0.25, 0.3) is 5.91 Å². The Balaban J connectivity index is 1.36. The first-order chi connectivity index (χ1) is 20.4. The molecule has 0 aromatic carbocycles. The Morgan fingerprint density at radius 1 is 1.07 bits per heavy atom. The van der Waals surface area contributed by atoms with Crippen LogP contribution in [0.2, 0.25) is 0 Å². The Bertz CT molecular complexity index is 1490. The van der Waals surface area contributed by atoms with E-state index in [4.69, 9.17) is 9.72 Å². The number of pyridine rings is 2. The Hall–Kier alpha value is -4.09. The molecule has 2 N–H and O–H groups in total. The van der Waals surface area contributed by atoms with Crippen molar-refractivity contribution in [3.05, 3.63) is 42.0 Å². The lowest BCUT2D eigenvalue weighted by molar-refractivity contribution is 0.0281. The van der Waals surface area contributed by atoms with Crippen molar-refractivity contribution in [1.82, 2.24) is 30.2 Å². The minimum Gasteiger partial charge on any atom is -0.444 e. The van der Waals surface area contributed by atoms with Crippen LogP contribution in [0, 0.1) is 5.92 Å². The number of nitrogens with zero attached hydrogens (tertiary/aromatic N) is 6. The SMILES string of the molecule is CC1CCCN(c2nccc(Nc3cc4c(C(C)C)cnc(C(=O)NC5CN(C(=O)OC(C)(C)C)C[C@H]5F)c4cn3)n2)C1. The summed E-state index contributed by atoms with van der Waals surface area (Å²) in [5.41, 5.74) is 0.390. The van der Waals surface area contributed by atoms with Gasteiger partial charge in [0.05, 0.1) is 12.6 Å². The van der Waals surface area contributed by atoms with Gasteiger partial charge in [-0.25, -0.2) is 19.2 Å². The first-order valence-electron chi connectivity index (χ1n) is 14.9. The van der Waals surface area contributed by atoms with Crippen LogP contribution in [0.15, 0.2) is 30.7 Å². The van der Waals surface area contributed by atoms with E-state index in [1.807, 2.05) is 6.07 Å². The minimum atomic E-state index is -1.43. The zero-order chi connectivity index (χ0) is 30.9. The van der Waals surface area contributed by atoms with Crippen molar-refractivity contribution in [2.75, 3.05) is 36.4 Å². The summed E-state index contributed by atoms with van der Waals surface area (Å²) < 4.78 is 20.3. The number of hydrogen-bond acceptors (Lipinski definition) is 9. The normalized spacial score (nSPS) is 20.9. The van der Waals surface area contributed by atoms with E-state index in [0.29, 0.717) is 28.9 Å². The fourth-order valence-electron chi connectivity index (χ4n) is 5.55. The van der Waals surface area contributed by atoms with Crippen LogP contribution in [0.5, 0.6) is 0 Å². The maximum atomic E-state index is 14.9. The number of carbonyl (C=O) groups excluding carboxylic acids is 2. The fraction of sp³-hybridized carbons (Fsp3) is 0.548. The number of halogens is 1. The maximum absolute atomic E-state index is 14.9. The number of ether oxygens (including phenoxy) is 1. The average Bonchev–Trinajstić information content (AvgIpc) is 3.31. The minimum absolute atomic E-state index is 0.00735. The monoisotopic (exact) mass is 592 g/mol. The lowest BCUT2D eigenvalue weighted by Crippen LogP contribution is -2.42. The van der Waals surface area contributed by atoms with Crippen molar-refractivity contribution >= 4 is 40.4 Å². The highest BCUT2D eigenvalue weighted by Crippen LogP contribution is 2.30. The number of piperidine rings is 1. The Kier molecular flexibility index (Phi) is 8.66. The molecule has 2 saturated heterocycles. The molecule has 43 heavy (non-hydrogen) atoms. The topological polar surface area (TPSA) is 125 Å². The van der Waals surface area contributed by atoms with Crippen molar-refractivity contribution < 1.29 is 18.7 Å². The highest BCUT2D eigenvalue weighted by atomic mass is 19.1. The summed E-state index contributed by atoms with van der Waals surface area (Å²) in [5, 5.41) is 7.39. The molecule has 11 nitrogen and oxygen atoms in total. The van der Waals surface area contributed by atoms with Crippen molar-refractivity contribution in [1.29, 1.82) is 0 Å². The van der Waals surface area contributed by atoms with E-state index >= 15 is 0 Å². The van der Waals surface area contributed by atoms with Gasteiger partial charge >= 0.3 is 6.09 Å². The van der Waals surface area contributed by atoms with E-state index in [9.17, 15) is 14.0 Å².